The third kappa shape index (κ3) is 3.44. The first-order valence-electron chi connectivity index (χ1n) is 6.55. The monoisotopic (exact) mass is 228 g/mol. The summed E-state index contributed by atoms with van der Waals surface area (Å²) < 4.78 is 5.33. The van der Waals surface area contributed by atoms with Gasteiger partial charge in [-0.1, -0.05) is 6.92 Å². The zero-order valence-corrected chi connectivity index (χ0v) is 11.6. The molecule has 0 aromatic carbocycles. The van der Waals surface area contributed by atoms with E-state index in [2.05, 4.69) is 37.6 Å². The van der Waals surface area contributed by atoms with Gasteiger partial charge in [0.05, 0.1) is 6.61 Å². The maximum absolute atomic E-state index is 5.33. The van der Waals surface area contributed by atoms with Crippen LogP contribution in [-0.2, 0) is 4.74 Å². The van der Waals surface area contributed by atoms with Gasteiger partial charge in [-0.3, -0.25) is 4.90 Å². The molecule has 0 amide bonds. The Morgan fingerprint density at radius 3 is 2.69 bits per heavy atom. The van der Waals surface area contributed by atoms with E-state index in [1.54, 1.807) is 0 Å². The minimum atomic E-state index is 0.625. The first kappa shape index (κ1) is 13.9. The molecule has 1 fully saturated rings. The summed E-state index contributed by atoms with van der Waals surface area (Å²) in [6, 6.07) is 1.96. The van der Waals surface area contributed by atoms with Crippen LogP contribution in [0.3, 0.4) is 0 Å². The molecule has 0 N–H and O–H groups in total. The second-order valence-electron chi connectivity index (χ2n) is 5.19. The van der Waals surface area contributed by atoms with E-state index < -0.39 is 0 Å². The van der Waals surface area contributed by atoms with E-state index >= 15 is 0 Å². The molecular formula is C13H28N2O. The van der Waals surface area contributed by atoms with Crippen LogP contribution in [-0.4, -0.2) is 61.8 Å². The lowest BCUT2D eigenvalue weighted by molar-refractivity contribution is 0.0626. The number of hydrogen-bond acceptors (Lipinski definition) is 3. The summed E-state index contributed by atoms with van der Waals surface area (Å²) >= 11 is 0. The second-order valence-corrected chi connectivity index (χ2v) is 5.19. The Morgan fingerprint density at radius 1 is 1.44 bits per heavy atom. The Balaban J connectivity index is 2.53. The number of ether oxygens (including phenoxy) is 1. The minimum Gasteiger partial charge on any atom is -0.383 e. The maximum atomic E-state index is 5.33. The van der Waals surface area contributed by atoms with Crippen LogP contribution in [0.25, 0.3) is 0 Å². The van der Waals surface area contributed by atoms with E-state index in [1.807, 2.05) is 7.11 Å². The number of likely N-dealkylation sites (tertiary alicyclic amines) is 1. The van der Waals surface area contributed by atoms with Gasteiger partial charge >= 0.3 is 0 Å². The summed E-state index contributed by atoms with van der Waals surface area (Å²) in [7, 11) is 4.01. The fraction of sp³-hybridized carbons (Fsp3) is 1.00. The summed E-state index contributed by atoms with van der Waals surface area (Å²) in [5, 5.41) is 0. The number of nitrogens with zero attached hydrogens (tertiary/aromatic N) is 2. The average molecular weight is 228 g/mol. The zero-order valence-electron chi connectivity index (χ0n) is 11.6. The highest BCUT2D eigenvalue weighted by Gasteiger charge is 2.33. The van der Waals surface area contributed by atoms with Crippen LogP contribution in [0, 0.1) is 0 Å². The van der Waals surface area contributed by atoms with Crippen molar-refractivity contribution in [2.45, 2.75) is 51.7 Å². The summed E-state index contributed by atoms with van der Waals surface area (Å²) in [4.78, 5) is 5.04. The van der Waals surface area contributed by atoms with E-state index in [0.29, 0.717) is 18.1 Å². The smallest absolute Gasteiger partial charge is 0.0618 e. The minimum absolute atomic E-state index is 0.625. The predicted octanol–water partition coefficient (Wildman–Crippen LogP) is 1.83. The molecule has 3 atom stereocenters. The van der Waals surface area contributed by atoms with Crippen molar-refractivity contribution in [1.82, 2.24) is 9.80 Å². The fourth-order valence-corrected chi connectivity index (χ4v) is 2.92. The first-order chi connectivity index (χ1) is 7.60. The third-order valence-electron chi connectivity index (χ3n) is 3.83. The van der Waals surface area contributed by atoms with Gasteiger partial charge in [0.15, 0.2) is 0 Å². The lowest BCUT2D eigenvalue weighted by Gasteiger charge is -2.35. The lowest BCUT2D eigenvalue weighted by atomic mass is 10.2. The van der Waals surface area contributed by atoms with Gasteiger partial charge in [0, 0.05) is 31.8 Å². The molecule has 0 saturated carbocycles. The van der Waals surface area contributed by atoms with E-state index in [-0.39, 0.29) is 0 Å². The van der Waals surface area contributed by atoms with Crippen molar-refractivity contribution in [2.24, 2.45) is 0 Å². The van der Waals surface area contributed by atoms with Crippen LogP contribution >= 0.6 is 0 Å². The Kier molecular flexibility index (Phi) is 5.73. The normalized spacial score (nSPS) is 28.9. The SMILES string of the molecule is CCN(C)CC(C)N1C(C)CCC1COC. The van der Waals surface area contributed by atoms with Crippen LogP contribution in [0.15, 0.2) is 0 Å². The number of hydrogen-bond donors (Lipinski definition) is 0. The number of methoxy groups -OCH3 is 1. The molecule has 0 spiro atoms. The van der Waals surface area contributed by atoms with Gasteiger partial charge in [0.2, 0.25) is 0 Å². The lowest BCUT2D eigenvalue weighted by Crippen LogP contribution is -2.48. The Labute approximate surface area is 101 Å². The molecule has 1 heterocycles. The highest BCUT2D eigenvalue weighted by Crippen LogP contribution is 2.26. The van der Waals surface area contributed by atoms with Gasteiger partial charge in [0.1, 0.15) is 0 Å². The number of rotatable bonds is 6. The van der Waals surface area contributed by atoms with Crippen LogP contribution in [0.1, 0.15) is 33.6 Å². The van der Waals surface area contributed by atoms with Gasteiger partial charge in [-0.25, -0.2) is 0 Å². The molecule has 3 heteroatoms. The molecule has 0 aromatic heterocycles. The van der Waals surface area contributed by atoms with Crippen molar-refractivity contribution in [2.75, 3.05) is 33.9 Å². The Bertz CT molecular complexity index is 196. The maximum Gasteiger partial charge on any atom is 0.0618 e. The Morgan fingerprint density at radius 2 is 2.12 bits per heavy atom. The third-order valence-corrected chi connectivity index (χ3v) is 3.83. The van der Waals surface area contributed by atoms with Gasteiger partial charge in [0.25, 0.3) is 0 Å². The molecule has 0 aromatic rings. The topological polar surface area (TPSA) is 15.7 Å². The zero-order chi connectivity index (χ0) is 12.1. The standard InChI is InChI=1S/C13H28N2O/c1-6-14(4)9-12(3)15-11(2)7-8-13(15)10-16-5/h11-13H,6-10H2,1-5H3. The molecule has 0 radical (unpaired) electrons. The first-order valence-corrected chi connectivity index (χ1v) is 6.55. The van der Waals surface area contributed by atoms with Crippen molar-refractivity contribution in [3.05, 3.63) is 0 Å². The molecule has 3 unspecified atom stereocenters. The van der Waals surface area contributed by atoms with Crippen molar-refractivity contribution >= 4 is 0 Å². The van der Waals surface area contributed by atoms with Gasteiger partial charge < -0.3 is 9.64 Å². The van der Waals surface area contributed by atoms with Gasteiger partial charge in [-0.05, 0) is 40.3 Å². The van der Waals surface area contributed by atoms with Crippen LogP contribution in [0.5, 0.6) is 0 Å². The quantitative estimate of drug-likeness (QED) is 0.690. The highest BCUT2D eigenvalue weighted by molar-refractivity contribution is 4.89. The van der Waals surface area contributed by atoms with E-state index in [0.717, 1.165) is 19.7 Å². The van der Waals surface area contributed by atoms with Crippen molar-refractivity contribution in [3.63, 3.8) is 0 Å². The summed E-state index contributed by atoms with van der Waals surface area (Å²) in [5.41, 5.74) is 0. The van der Waals surface area contributed by atoms with Gasteiger partial charge in [-0.15, -0.1) is 0 Å². The van der Waals surface area contributed by atoms with Crippen LogP contribution in [0.4, 0.5) is 0 Å². The molecule has 16 heavy (non-hydrogen) atoms. The fourth-order valence-electron chi connectivity index (χ4n) is 2.92. The average Bonchev–Trinajstić information content (AvgIpc) is 2.60. The Hall–Kier alpha value is -0.120. The summed E-state index contributed by atoms with van der Waals surface area (Å²) in [5.74, 6) is 0. The van der Waals surface area contributed by atoms with Crippen molar-refractivity contribution in [3.8, 4) is 0 Å². The van der Waals surface area contributed by atoms with E-state index in [9.17, 15) is 0 Å². The van der Waals surface area contributed by atoms with E-state index in [4.69, 9.17) is 4.74 Å². The predicted molar refractivity (Wildman–Crippen MR) is 68.8 cm³/mol. The second kappa shape index (κ2) is 6.58. The molecule has 0 aliphatic carbocycles. The molecule has 1 aliphatic rings. The molecular weight excluding hydrogens is 200 g/mol. The van der Waals surface area contributed by atoms with Crippen molar-refractivity contribution in [1.29, 1.82) is 0 Å². The molecule has 96 valence electrons. The molecule has 1 aliphatic heterocycles. The summed E-state index contributed by atoms with van der Waals surface area (Å²) in [6.07, 6.45) is 2.60. The van der Waals surface area contributed by atoms with E-state index in [1.165, 1.54) is 12.8 Å². The van der Waals surface area contributed by atoms with Crippen LogP contribution < -0.4 is 0 Å². The highest BCUT2D eigenvalue weighted by atomic mass is 16.5. The molecule has 1 rings (SSSR count). The summed E-state index contributed by atoms with van der Waals surface area (Å²) in [6.45, 7) is 10.1. The molecule has 1 saturated heterocycles. The van der Waals surface area contributed by atoms with Crippen molar-refractivity contribution < 1.29 is 4.74 Å². The largest absolute Gasteiger partial charge is 0.383 e. The number of likely N-dealkylation sites (N-methyl/N-ethyl adjacent to an activating group) is 1. The van der Waals surface area contributed by atoms with Crippen LogP contribution in [0.2, 0.25) is 0 Å². The molecule has 0 bridgehead atoms. The molecule has 3 nitrogen and oxygen atoms in total. The van der Waals surface area contributed by atoms with Gasteiger partial charge in [-0.2, -0.15) is 0 Å².